The lowest BCUT2D eigenvalue weighted by molar-refractivity contribution is -0.143. The lowest BCUT2D eigenvalue weighted by atomic mass is 9.95. The second kappa shape index (κ2) is 9.87. The van der Waals surface area contributed by atoms with E-state index in [1.807, 2.05) is 0 Å². The minimum absolute atomic E-state index is 0.000810. The lowest BCUT2D eigenvalue weighted by Gasteiger charge is -2.30. The predicted molar refractivity (Wildman–Crippen MR) is 121 cm³/mol. The SMILES string of the molecule is CCS(=O)(=O)N[C@@H]1[C@H](Cc2cccc(-c3cccc(F)c3F)c2)N(C(=O)[C@H]2CCCO2)CC1(F)F. The smallest absolute Gasteiger partial charge is 0.283 e. The molecule has 2 heterocycles. The van der Waals surface area contributed by atoms with Crippen molar-refractivity contribution in [3.8, 4) is 11.1 Å². The van der Waals surface area contributed by atoms with Gasteiger partial charge in [-0.1, -0.05) is 36.4 Å². The molecule has 2 saturated heterocycles. The third kappa shape index (κ3) is 5.36. The van der Waals surface area contributed by atoms with Crippen LogP contribution in [0, 0.1) is 11.6 Å². The molecule has 2 aliphatic rings. The highest BCUT2D eigenvalue weighted by Gasteiger charge is 2.57. The highest BCUT2D eigenvalue weighted by atomic mass is 32.2. The first-order valence-electron chi connectivity index (χ1n) is 11.4. The van der Waals surface area contributed by atoms with Crippen LogP contribution in [0.1, 0.15) is 25.3 Å². The number of hydrogen-bond donors (Lipinski definition) is 1. The molecule has 1 amide bonds. The van der Waals surface area contributed by atoms with Gasteiger partial charge in [-0.05, 0) is 43.4 Å². The molecule has 4 rings (SSSR count). The Morgan fingerprint density at radius 2 is 1.94 bits per heavy atom. The molecule has 6 nitrogen and oxygen atoms in total. The van der Waals surface area contributed by atoms with E-state index in [4.69, 9.17) is 4.74 Å². The van der Waals surface area contributed by atoms with Gasteiger partial charge >= 0.3 is 0 Å². The first-order valence-corrected chi connectivity index (χ1v) is 13.0. The van der Waals surface area contributed by atoms with Gasteiger partial charge in [0.15, 0.2) is 11.6 Å². The molecule has 3 atom stereocenters. The summed E-state index contributed by atoms with van der Waals surface area (Å²) in [5, 5.41) is 0. The minimum Gasteiger partial charge on any atom is -0.368 e. The predicted octanol–water partition coefficient (Wildman–Crippen LogP) is 3.51. The van der Waals surface area contributed by atoms with E-state index in [0.717, 1.165) is 11.0 Å². The summed E-state index contributed by atoms with van der Waals surface area (Å²) in [6.45, 7) is 0.723. The normalized spacial score (nSPS) is 24.1. The molecule has 190 valence electrons. The van der Waals surface area contributed by atoms with E-state index in [0.29, 0.717) is 30.6 Å². The van der Waals surface area contributed by atoms with Crippen LogP contribution in [0.2, 0.25) is 0 Å². The van der Waals surface area contributed by atoms with E-state index in [9.17, 15) is 22.0 Å². The number of amides is 1. The second-order valence-corrected chi connectivity index (χ2v) is 10.8. The summed E-state index contributed by atoms with van der Waals surface area (Å²) in [4.78, 5) is 14.1. The van der Waals surface area contributed by atoms with Crippen molar-refractivity contribution in [2.75, 3.05) is 18.9 Å². The number of nitrogens with one attached hydrogen (secondary N) is 1. The molecule has 0 bridgehead atoms. The van der Waals surface area contributed by atoms with E-state index in [2.05, 4.69) is 4.72 Å². The third-order valence-electron chi connectivity index (χ3n) is 6.43. The number of benzene rings is 2. The maximum Gasteiger partial charge on any atom is 0.283 e. The Hall–Kier alpha value is -2.50. The Labute approximate surface area is 201 Å². The number of halogens is 4. The molecule has 2 fully saturated rings. The van der Waals surface area contributed by atoms with Crippen molar-refractivity contribution in [2.45, 2.75) is 50.3 Å². The quantitative estimate of drug-likeness (QED) is 0.574. The van der Waals surface area contributed by atoms with Crippen molar-refractivity contribution in [3.05, 3.63) is 59.7 Å². The highest BCUT2D eigenvalue weighted by molar-refractivity contribution is 7.89. The summed E-state index contributed by atoms with van der Waals surface area (Å²) in [6.07, 6.45) is 0.0316. The van der Waals surface area contributed by atoms with Crippen LogP contribution < -0.4 is 4.72 Å². The van der Waals surface area contributed by atoms with Gasteiger partial charge in [0, 0.05) is 12.2 Å². The van der Waals surface area contributed by atoms with Crippen molar-refractivity contribution in [1.29, 1.82) is 0 Å². The molecular weight excluding hydrogens is 488 g/mol. The molecule has 2 aliphatic heterocycles. The van der Waals surface area contributed by atoms with Crippen molar-refractivity contribution in [3.63, 3.8) is 0 Å². The Balaban J connectivity index is 1.70. The molecule has 0 spiro atoms. The second-order valence-electron chi connectivity index (χ2n) is 8.80. The van der Waals surface area contributed by atoms with Crippen LogP contribution in [0.25, 0.3) is 11.1 Å². The molecule has 2 aromatic rings. The van der Waals surface area contributed by atoms with Crippen LogP contribution in [-0.2, 0) is 26.0 Å². The van der Waals surface area contributed by atoms with Gasteiger partial charge in [-0.2, -0.15) is 0 Å². The van der Waals surface area contributed by atoms with Gasteiger partial charge in [-0.3, -0.25) is 4.79 Å². The number of sulfonamides is 1. The van der Waals surface area contributed by atoms with Gasteiger partial charge in [0.2, 0.25) is 10.0 Å². The topological polar surface area (TPSA) is 75.7 Å². The zero-order valence-corrected chi connectivity index (χ0v) is 19.8. The van der Waals surface area contributed by atoms with Crippen LogP contribution >= 0.6 is 0 Å². The van der Waals surface area contributed by atoms with E-state index in [1.54, 1.807) is 18.2 Å². The fourth-order valence-electron chi connectivity index (χ4n) is 4.61. The van der Waals surface area contributed by atoms with Crippen LogP contribution in [0.15, 0.2) is 42.5 Å². The summed E-state index contributed by atoms with van der Waals surface area (Å²) in [5.41, 5.74) is 0.783. The van der Waals surface area contributed by atoms with E-state index >= 15 is 8.78 Å². The third-order valence-corrected chi connectivity index (χ3v) is 7.80. The average Bonchev–Trinajstić information content (AvgIpc) is 3.43. The number of likely N-dealkylation sites (tertiary alicyclic amines) is 1. The van der Waals surface area contributed by atoms with Gasteiger partial charge in [0.25, 0.3) is 11.8 Å². The summed E-state index contributed by atoms with van der Waals surface area (Å²) in [6, 6.07) is 6.93. The maximum atomic E-state index is 15.1. The summed E-state index contributed by atoms with van der Waals surface area (Å²) >= 11 is 0. The number of alkyl halides is 2. The molecule has 35 heavy (non-hydrogen) atoms. The van der Waals surface area contributed by atoms with Crippen LogP contribution in [-0.4, -0.2) is 62.2 Å². The van der Waals surface area contributed by atoms with E-state index < -0.39 is 64.0 Å². The number of carbonyl (C=O) groups is 1. The molecule has 11 heteroatoms. The van der Waals surface area contributed by atoms with Crippen LogP contribution in [0.4, 0.5) is 17.6 Å². The van der Waals surface area contributed by atoms with Crippen LogP contribution in [0.3, 0.4) is 0 Å². The number of nitrogens with zero attached hydrogens (tertiary/aromatic N) is 1. The Morgan fingerprint density at radius 1 is 1.20 bits per heavy atom. The number of carbonyl (C=O) groups excluding carboxylic acids is 1. The zero-order valence-electron chi connectivity index (χ0n) is 19.0. The average molecular weight is 515 g/mol. The van der Waals surface area contributed by atoms with Gasteiger partial charge < -0.3 is 9.64 Å². The Morgan fingerprint density at radius 3 is 2.63 bits per heavy atom. The van der Waals surface area contributed by atoms with E-state index in [1.165, 1.54) is 25.1 Å². The fourth-order valence-corrected chi connectivity index (χ4v) is 5.49. The van der Waals surface area contributed by atoms with Crippen molar-refractivity contribution < 1.29 is 35.5 Å². The zero-order chi connectivity index (χ0) is 25.4. The molecule has 0 saturated carbocycles. The van der Waals surface area contributed by atoms with Gasteiger partial charge in [0.05, 0.1) is 18.3 Å². The minimum atomic E-state index is -4.02. The molecule has 1 N–H and O–H groups in total. The van der Waals surface area contributed by atoms with Gasteiger partial charge in [-0.25, -0.2) is 30.7 Å². The van der Waals surface area contributed by atoms with E-state index in [-0.39, 0.29) is 12.0 Å². The van der Waals surface area contributed by atoms with Crippen molar-refractivity contribution in [2.24, 2.45) is 0 Å². The molecular formula is C24H26F4N2O4S. The van der Waals surface area contributed by atoms with Crippen molar-refractivity contribution in [1.82, 2.24) is 9.62 Å². The standard InChI is InChI=1S/C24H26F4N2O4S/c1-2-35(32,33)29-22-19(30(14-24(22,27)28)23(31)20-10-5-11-34-20)13-15-6-3-7-16(12-15)17-8-4-9-18(25)21(17)26/h3-4,6-9,12,19-20,22,29H,2,5,10-11,13-14H2,1H3/t19-,20+,22+/m0/s1. The first kappa shape index (κ1) is 25.6. The maximum absolute atomic E-state index is 15.1. The fraction of sp³-hybridized carbons (Fsp3) is 0.458. The van der Waals surface area contributed by atoms with Crippen LogP contribution in [0.5, 0.6) is 0 Å². The highest BCUT2D eigenvalue weighted by Crippen LogP contribution is 2.37. The number of ether oxygens (including phenoxy) is 1. The molecule has 0 radical (unpaired) electrons. The number of rotatable bonds is 7. The lowest BCUT2D eigenvalue weighted by Crippen LogP contribution is -2.53. The molecule has 2 aromatic carbocycles. The van der Waals surface area contributed by atoms with Gasteiger partial charge in [0.1, 0.15) is 12.1 Å². The van der Waals surface area contributed by atoms with Crippen molar-refractivity contribution >= 4 is 15.9 Å². The molecule has 0 aromatic heterocycles. The largest absolute Gasteiger partial charge is 0.368 e. The molecule has 0 unspecified atom stereocenters. The first-order chi connectivity index (χ1) is 16.5. The Kier molecular flexibility index (Phi) is 7.21. The monoisotopic (exact) mass is 514 g/mol. The Bertz CT molecular complexity index is 1200. The summed E-state index contributed by atoms with van der Waals surface area (Å²) in [7, 11) is -4.02. The summed E-state index contributed by atoms with van der Waals surface area (Å²) < 4.78 is 90.2. The summed E-state index contributed by atoms with van der Waals surface area (Å²) in [5.74, 6) is -6.60. The molecule has 0 aliphatic carbocycles. The number of hydrogen-bond acceptors (Lipinski definition) is 4. The van der Waals surface area contributed by atoms with Gasteiger partial charge in [-0.15, -0.1) is 0 Å².